The van der Waals surface area contributed by atoms with Crippen molar-refractivity contribution < 1.29 is 4.74 Å². The van der Waals surface area contributed by atoms with Crippen LogP contribution in [0.25, 0.3) is 33.4 Å². The van der Waals surface area contributed by atoms with E-state index in [2.05, 4.69) is 72.2 Å². The van der Waals surface area contributed by atoms with Gasteiger partial charge in [-0.1, -0.05) is 86.1 Å². The number of hydrogen-bond donors (Lipinski definition) is 1. The summed E-state index contributed by atoms with van der Waals surface area (Å²) in [6.07, 6.45) is 3.92. The standard InChI is InChI=1S/C30H30N4O/c1-3-4-19-33-21-32-30-27(29(33)31)26(23-11-7-5-8-12-23)28(24-13-9-6-10-14-24)34(30)20-22-15-17-25(35-2)18-16-22/h5-18,21,31H,3-4,19-20H2,1-2H3. The van der Waals surface area contributed by atoms with Crippen molar-refractivity contribution in [3.05, 3.63) is 102 Å². The van der Waals surface area contributed by atoms with Gasteiger partial charge in [-0.15, -0.1) is 0 Å². The lowest BCUT2D eigenvalue weighted by Crippen LogP contribution is -2.21. The number of rotatable bonds is 8. The Morgan fingerprint density at radius 3 is 2.14 bits per heavy atom. The summed E-state index contributed by atoms with van der Waals surface area (Å²) < 4.78 is 9.60. The van der Waals surface area contributed by atoms with Crippen LogP contribution in [0.5, 0.6) is 5.75 Å². The zero-order valence-electron chi connectivity index (χ0n) is 20.2. The van der Waals surface area contributed by atoms with Crippen molar-refractivity contribution in [1.29, 1.82) is 5.41 Å². The molecule has 0 fully saturated rings. The van der Waals surface area contributed by atoms with Gasteiger partial charge in [-0.3, -0.25) is 5.41 Å². The van der Waals surface area contributed by atoms with Crippen molar-refractivity contribution in [2.24, 2.45) is 0 Å². The zero-order valence-corrected chi connectivity index (χ0v) is 20.2. The minimum atomic E-state index is 0.507. The van der Waals surface area contributed by atoms with Gasteiger partial charge in [0.25, 0.3) is 0 Å². The van der Waals surface area contributed by atoms with Gasteiger partial charge in [-0.05, 0) is 35.2 Å². The van der Waals surface area contributed by atoms with Crippen LogP contribution in [0.15, 0.2) is 91.3 Å². The molecule has 5 heteroatoms. The van der Waals surface area contributed by atoms with Gasteiger partial charge in [0.05, 0.1) is 24.5 Å². The van der Waals surface area contributed by atoms with Crippen molar-refractivity contribution in [3.8, 4) is 28.1 Å². The Hall–Kier alpha value is -4.12. The van der Waals surface area contributed by atoms with E-state index in [1.54, 1.807) is 7.11 Å². The highest BCUT2D eigenvalue weighted by atomic mass is 16.5. The first-order chi connectivity index (χ1) is 17.2. The number of unbranched alkanes of at least 4 members (excludes halogenated alkanes) is 1. The molecule has 0 aliphatic heterocycles. The summed E-state index contributed by atoms with van der Waals surface area (Å²) in [7, 11) is 1.68. The van der Waals surface area contributed by atoms with Crippen LogP contribution in [-0.4, -0.2) is 21.2 Å². The fraction of sp³-hybridized carbons (Fsp3) is 0.200. The molecule has 1 N–H and O–H groups in total. The molecule has 2 heterocycles. The lowest BCUT2D eigenvalue weighted by atomic mass is 9.99. The second kappa shape index (κ2) is 10.0. The van der Waals surface area contributed by atoms with Crippen LogP contribution in [0.2, 0.25) is 0 Å². The normalized spacial score (nSPS) is 11.1. The van der Waals surface area contributed by atoms with Crippen molar-refractivity contribution in [1.82, 2.24) is 14.1 Å². The molecular formula is C30H30N4O. The van der Waals surface area contributed by atoms with Crippen molar-refractivity contribution in [3.63, 3.8) is 0 Å². The number of fused-ring (bicyclic) bond motifs is 1. The molecule has 5 nitrogen and oxygen atoms in total. The molecule has 176 valence electrons. The minimum Gasteiger partial charge on any atom is -0.497 e. The molecule has 0 amide bonds. The Balaban J connectivity index is 1.83. The molecule has 0 aliphatic rings. The third kappa shape index (κ3) is 4.37. The topological polar surface area (TPSA) is 55.8 Å². The number of aromatic nitrogens is 3. The average Bonchev–Trinajstić information content (AvgIpc) is 3.24. The fourth-order valence-electron chi connectivity index (χ4n) is 4.64. The SMILES string of the molecule is CCCCn1cnc2c(c(-c3ccccc3)c(-c3ccccc3)n2Cc2ccc(OC)cc2)c1=N. The average molecular weight is 463 g/mol. The van der Waals surface area contributed by atoms with E-state index < -0.39 is 0 Å². The van der Waals surface area contributed by atoms with E-state index in [-0.39, 0.29) is 0 Å². The second-order valence-electron chi connectivity index (χ2n) is 8.73. The second-order valence-corrected chi connectivity index (χ2v) is 8.73. The predicted octanol–water partition coefficient (Wildman–Crippen LogP) is 6.51. The van der Waals surface area contributed by atoms with Crippen molar-refractivity contribution in [2.75, 3.05) is 7.11 Å². The molecule has 0 radical (unpaired) electrons. The lowest BCUT2D eigenvalue weighted by Gasteiger charge is -2.13. The number of aryl methyl sites for hydroxylation is 1. The van der Waals surface area contributed by atoms with Gasteiger partial charge >= 0.3 is 0 Å². The van der Waals surface area contributed by atoms with Gasteiger partial charge in [-0.25, -0.2) is 4.98 Å². The number of nitrogens with one attached hydrogen (secondary N) is 1. The van der Waals surface area contributed by atoms with E-state index in [9.17, 15) is 5.41 Å². The maximum atomic E-state index is 9.21. The summed E-state index contributed by atoms with van der Waals surface area (Å²) in [6.45, 7) is 3.60. The summed E-state index contributed by atoms with van der Waals surface area (Å²) in [5.74, 6) is 0.836. The Bertz CT molecular complexity index is 1480. The minimum absolute atomic E-state index is 0.507. The van der Waals surface area contributed by atoms with E-state index >= 15 is 0 Å². The Morgan fingerprint density at radius 2 is 1.51 bits per heavy atom. The van der Waals surface area contributed by atoms with Crippen LogP contribution >= 0.6 is 0 Å². The molecule has 5 rings (SSSR count). The molecule has 0 unspecified atom stereocenters. The third-order valence-corrected chi connectivity index (χ3v) is 6.44. The molecule has 0 atom stereocenters. The van der Waals surface area contributed by atoms with Crippen molar-refractivity contribution in [2.45, 2.75) is 32.9 Å². The lowest BCUT2D eigenvalue weighted by molar-refractivity contribution is 0.414. The fourth-order valence-corrected chi connectivity index (χ4v) is 4.64. The highest BCUT2D eigenvalue weighted by molar-refractivity contribution is 6.02. The molecule has 0 aliphatic carbocycles. The van der Waals surface area contributed by atoms with Gasteiger partial charge in [0.2, 0.25) is 0 Å². The molecule has 2 aromatic heterocycles. The van der Waals surface area contributed by atoms with Crippen LogP contribution in [0, 0.1) is 5.41 Å². The van der Waals surface area contributed by atoms with Gasteiger partial charge in [-0.2, -0.15) is 0 Å². The van der Waals surface area contributed by atoms with E-state index in [4.69, 9.17) is 9.72 Å². The number of benzene rings is 3. The molecule has 0 spiro atoms. The Kier molecular flexibility index (Phi) is 6.49. The Morgan fingerprint density at radius 1 is 0.857 bits per heavy atom. The maximum Gasteiger partial charge on any atom is 0.146 e. The summed E-state index contributed by atoms with van der Waals surface area (Å²) in [5, 5.41) is 10.1. The molecular weight excluding hydrogens is 432 g/mol. The highest BCUT2D eigenvalue weighted by Crippen LogP contribution is 2.39. The van der Waals surface area contributed by atoms with Crippen molar-refractivity contribution >= 4 is 11.0 Å². The molecule has 3 aromatic carbocycles. The smallest absolute Gasteiger partial charge is 0.146 e. The summed E-state index contributed by atoms with van der Waals surface area (Å²) in [5.41, 5.74) is 6.83. The van der Waals surface area contributed by atoms with Gasteiger partial charge in [0, 0.05) is 18.7 Å². The van der Waals surface area contributed by atoms with Crippen LogP contribution in [0.3, 0.4) is 0 Å². The van der Waals surface area contributed by atoms with Crippen LogP contribution in [-0.2, 0) is 13.1 Å². The molecule has 35 heavy (non-hydrogen) atoms. The molecule has 5 aromatic rings. The first-order valence-corrected chi connectivity index (χ1v) is 12.1. The number of nitrogens with zero attached hydrogens (tertiary/aromatic N) is 3. The van der Waals surface area contributed by atoms with E-state index in [0.717, 1.165) is 64.1 Å². The molecule has 0 saturated carbocycles. The first-order valence-electron chi connectivity index (χ1n) is 12.1. The number of ether oxygens (including phenoxy) is 1. The number of methoxy groups -OCH3 is 1. The van der Waals surface area contributed by atoms with Crippen LogP contribution in [0.1, 0.15) is 25.3 Å². The van der Waals surface area contributed by atoms with E-state index in [0.29, 0.717) is 12.0 Å². The summed E-state index contributed by atoms with van der Waals surface area (Å²) >= 11 is 0. The van der Waals surface area contributed by atoms with Crippen LogP contribution in [0.4, 0.5) is 0 Å². The van der Waals surface area contributed by atoms with Gasteiger partial charge in [0.1, 0.15) is 16.9 Å². The molecule has 0 saturated heterocycles. The zero-order chi connectivity index (χ0) is 24.2. The summed E-state index contributed by atoms with van der Waals surface area (Å²) in [6, 6.07) is 29.0. The quantitative estimate of drug-likeness (QED) is 0.286. The first kappa shape index (κ1) is 22.7. The highest BCUT2D eigenvalue weighted by Gasteiger charge is 2.23. The summed E-state index contributed by atoms with van der Waals surface area (Å²) in [4.78, 5) is 4.94. The van der Waals surface area contributed by atoms with Crippen LogP contribution < -0.4 is 10.2 Å². The third-order valence-electron chi connectivity index (χ3n) is 6.44. The van der Waals surface area contributed by atoms with Gasteiger partial charge < -0.3 is 13.9 Å². The number of hydrogen-bond acceptors (Lipinski definition) is 3. The van der Waals surface area contributed by atoms with Gasteiger partial charge in [0.15, 0.2) is 0 Å². The maximum absolute atomic E-state index is 9.21. The monoisotopic (exact) mass is 462 g/mol. The largest absolute Gasteiger partial charge is 0.497 e. The van der Waals surface area contributed by atoms with E-state index in [1.165, 1.54) is 0 Å². The molecule has 0 bridgehead atoms. The van der Waals surface area contributed by atoms with E-state index in [1.807, 2.05) is 35.2 Å². The Labute approximate surface area is 205 Å². The predicted molar refractivity (Wildman–Crippen MR) is 141 cm³/mol.